The molecule has 4 atom stereocenters. The second-order valence-corrected chi connectivity index (χ2v) is 6.38. The molecule has 3 nitrogen and oxygen atoms in total. The first kappa shape index (κ1) is 14.3. The SMILES string of the molecule is CCCNC1CCCC1N1CC(C)N(C)C(C)C1. The predicted molar refractivity (Wildman–Crippen MR) is 78.0 cm³/mol. The number of likely N-dealkylation sites (N-methyl/N-ethyl adjacent to an activating group) is 1. The summed E-state index contributed by atoms with van der Waals surface area (Å²) in [6.07, 6.45) is 5.42. The third kappa shape index (κ3) is 3.06. The molecule has 0 spiro atoms. The van der Waals surface area contributed by atoms with E-state index in [2.05, 4.69) is 42.9 Å². The summed E-state index contributed by atoms with van der Waals surface area (Å²) in [4.78, 5) is 5.29. The summed E-state index contributed by atoms with van der Waals surface area (Å²) in [5, 5.41) is 3.76. The number of hydrogen-bond acceptors (Lipinski definition) is 3. The summed E-state index contributed by atoms with van der Waals surface area (Å²) >= 11 is 0. The van der Waals surface area contributed by atoms with Gasteiger partial charge in [-0.15, -0.1) is 0 Å². The summed E-state index contributed by atoms with van der Waals surface area (Å²) in [5.41, 5.74) is 0. The van der Waals surface area contributed by atoms with E-state index in [4.69, 9.17) is 0 Å². The normalized spacial score (nSPS) is 39.3. The predicted octanol–water partition coefficient (Wildman–Crippen LogP) is 1.93. The fraction of sp³-hybridized carbons (Fsp3) is 1.00. The van der Waals surface area contributed by atoms with E-state index in [0.29, 0.717) is 12.1 Å². The lowest BCUT2D eigenvalue weighted by Crippen LogP contribution is -2.60. The minimum absolute atomic E-state index is 0.696. The van der Waals surface area contributed by atoms with E-state index in [-0.39, 0.29) is 0 Å². The average molecular weight is 253 g/mol. The molecule has 2 fully saturated rings. The molecule has 1 saturated carbocycles. The van der Waals surface area contributed by atoms with Crippen molar-refractivity contribution < 1.29 is 0 Å². The van der Waals surface area contributed by atoms with Gasteiger partial charge in [-0.2, -0.15) is 0 Å². The van der Waals surface area contributed by atoms with Crippen LogP contribution >= 0.6 is 0 Å². The molecule has 0 amide bonds. The van der Waals surface area contributed by atoms with Crippen molar-refractivity contribution in [2.24, 2.45) is 0 Å². The molecule has 0 aromatic carbocycles. The van der Waals surface area contributed by atoms with Gasteiger partial charge in [-0.1, -0.05) is 13.3 Å². The molecule has 0 radical (unpaired) electrons. The number of hydrogen-bond donors (Lipinski definition) is 1. The third-order valence-corrected chi connectivity index (χ3v) is 4.99. The first-order valence-electron chi connectivity index (χ1n) is 7.82. The van der Waals surface area contributed by atoms with Gasteiger partial charge in [0.05, 0.1) is 0 Å². The molecule has 4 unspecified atom stereocenters. The van der Waals surface area contributed by atoms with Gasteiger partial charge in [0.2, 0.25) is 0 Å². The van der Waals surface area contributed by atoms with Crippen molar-refractivity contribution in [1.29, 1.82) is 0 Å². The average Bonchev–Trinajstić information content (AvgIpc) is 2.81. The summed E-state index contributed by atoms with van der Waals surface area (Å²) < 4.78 is 0. The van der Waals surface area contributed by atoms with Crippen LogP contribution in [0.3, 0.4) is 0 Å². The fourth-order valence-corrected chi connectivity index (χ4v) is 3.66. The monoisotopic (exact) mass is 253 g/mol. The van der Waals surface area contributed by atoms with E-state index in [1.165, 1.54) is 45.3 Å². The second-order valence-electron chi connectivity index (χ2n) is 6.38. The number of nitrogens with zero attached hydrogens (tertiary/aromatic N) is 2. The highest BCUT2D eigenvalue weighted by molar-refractivity contribution is 4.95. The van der Waals surface area contributed by atoms with Crippen LogP contribution in [0.4, 0.5) is 0 Å². The molecule has 1 N–H and O–H groups in total. The first-order chi connectivity index (χ1) is 8.63. The standard InChI is InChI=1S/C15H31N3/c1-5-9-16-14-7-6-8-15(14)18-10-12(2)17(4)13(3)11-18/h12-16H,5-11H2,1-4H3. The molecule has 1 saturated heterocycles. The summed E-state index contributed by atoms with van der Waals surface area (Å²) in [5.74, 6) is 0. The minimum Gasteiger partial charge on any atom is -0.312 e. The van der Waals surface area contributed by atoms with Crippen LogP contribution in [0.5, 0.6) is 0 Å². The van der Waals surface area contributed by atoms with Crippen molar-refractivity contribution in [2.75, 3.05) is 26.7 Å². The summed E-state index contributed by atoms with van der Waals surface area (Å²) in [6, 6.07) is 2.92. The van der Waals surface area contributed by atoms with Gasteiger partial charge in [0.25, 0.3) is 0 Å². The molecule has 18 heavy (non-hydrogen) atoms. The Morgan fingerprint density at radius 2 is 1.78 bits per heavy atom. The molecule has 0 aromatic heterocycles. The molecule has 0 aromatic rings. The van der Waals surface area contributed by atoms with E-state index in [1.807, 2.05) is 0 Å². The zero-order valence-corrected chi connectivity index (χ0v) is 12.7. The van der Waals surface area contributed by atoms with Crippen LogP contribution in [0, 0.1) is 0 Å². The van der Waals surface area contributed by atoms with Crippen LogP contribution in [-0.2, 0) is 0 Å². The van der Waals surface area contributed by atoms with Gasteiger partial charge in [0.1, 0.15) is 0 Å². The largest absolute Gasteiger partial charge is 0.312 e. The quantitative estimate of drug-likeness (QED) is 0.826. The van der Waals surface area contributed by atoms with Crippen LogP contribution in [0.1, 0.15) is 46.5 Å². The molecule has 1 aliphatic carbocycles. The molecular formula is C15H31N3. The third-order valence-electron chi connectivity index (χ3n) is 4.99. The second kappa shape index (κ2) is 6.36. The van der Waals surface area contributed by atoms with Crippen molar-refractivity contribution in [3.05, 3.63) is 0 Å². The molecule has 2 aliphatic rings. The topological polar surface area (TPSA) is 18.5 Å². The number of piperazine rings is 1. The van der Waals surface area contributed by atoms with E-state index in [1.54, 1.807) is 0 Å². The van der Waals surface area contributed by atoms with Gasteiger partial charge in [0, 0.05) is 37.3 Å². The van der Waals surface area contributed by atoms with Gasteiger partial charge in [0.15, 0.2) is 0 Å². The minimum atomic E-state index is 0.696. The molecule has 2 rings (SSSR count). The Balaban J connectivity index is 1.93. The molecule has 106 valence electrons. The highest BCUT2D eigenvalue weighted by Gasteiger charge is 2.36. The summed E-state index contributed by atoms with van der Waals surface area (Å²) in [7, 11) is 2.27. The Morgan fingerprint density at radius 3 is 2.39 bits per heavy atom. The Labute approximate surface area is 113 Å². The van der Waals surface area contributed by atoms with Gasteiger partial charge < -0.3 is 5.32 Å². The van der Waals surface area contributed by atoms with E-state index in [0.717, 1.165) is 12.1 Å². The Bertz CT molecular complexity index is 244. The first-order valence-corrected chi connectivity index (χ1v) is 7.82. The van der Waals surface area contributed by atoms with Gasteiger partial charge in [-0.05, 0) is 46.7 Å². The van der Waals surface area contributed by atoms with E-state index < -0.39 is 0 Å². The highest BCUT2D eigenvalue weighted by Crippen LogP contribution is 2.27. The van der Waals surface area contributed by atoms with Crippen LogP contribution in [0.15, 0.2) is 0 Å². The van der Waals surface area contributed by atoms with Gasteiger partial charge in [-0.25, -0.2) is 0 Å². The van der Waals surface area contributed by atoms with Crippen molar-refractivity contribution in [3.8, 4) is 0 Å². The maximum Gasteiger partial charge on any atom is 0.0250 e. The van der Waals surface area contributed by atoms with Crippen molar-refractivity contribution in [3.63, 3.8) is 0 Å². The van der Waals surface area contributed by atoms with Crippen LogP contribution in [0.25, 0.3) is 0 Å². The lowest BCUT2D eigenvalue weighted by Gasteiger charge is -2.46. The molecular weight excluding hydrogens is 222 g/mol. The molecule has 3 heteroatoms. The van der Waals surface area contributed by atoms with Gasteiger partial charge in [-0.3, -0.25) is 9.80 Å². The lowest BCUT2D eigenvalue weighted by molar-refractivity contribution is 0.0282. The highest BCUT2D eigenvalue weighted by atomic mass is 15.3. The van der Waals surface area contributed by atoms with Crippen molar-refractivity contribution in [1.82, 2.24) is 15.1 Å². The molecule has 1 heterocycles. The zero-order chi connectivity index (χ0) is 13.1. The van der Waals surface area contributed by atoms with Crippen molar-refractivity contribution in [2.45, 2.75) is 70.6 Å². The van der Waals surface area contributed by atoms with E-state index in [9.17, 15) is 0 Å². The maximum atomic E-state index is 3.76. The van der Waals surface area contributed by atoms with E-state index >= 15 is 0 Å². The Morgan fingerprint density at radius 1 is 1.11 bits per heavy atom. The molecule has 0 bridgehead atoms. The Kier molecular flexibility index (Phi) is 5.05. The zero-order valence-electron chi connectivity index (χ0n) is 12.7. The number of rotatable bonds is 4. The Hall–Kier alpha value is -0.120. The fourth-order valence-electron chi connectivity index (χ4n) is 3.66. The van der Waals surface area contributed by atoms with Gasteiger partial charge >= 0.3 is 0 Å². The lowest BCUT2D eigenvalue weighted by atomic mass is 10.0. The van der Waals surface area contributed by atoms with Crippen molar-refractivity contribution >= 4 is 0 Å². The van der Waals surface area contributed by atoms with Crippen LogP contribution in [-0.4, -0.2) is 60.6 Å². The van der Waals surface area contributed by atoms with Crippen LogP contribution in [0.2, 0.25) is 0 Å². The van der Waals surface area contributed by atoms with Crippen LogP contribution < -0.4 is 5.32 Å². The maximum absolute atomic E-state index is 3.76. The molecule has 1 aliphatic heterocycles. The number of nitrogens with one attached hydrogen (secondary N) is 1. The smallest absolute Gasteiger partial charge is 0.0250 e. The summed E-state index contributed by atoms with van der Waals surface area (Å²) in [6.45, 7) is 10.7.